The minimum atomic E-state index is 0. The van der Waals surface area contributed by atoms with Crippen LogP contribution in [-0.2, 0) is 14.1 Å². The van der Waals surface area contributed by atoms with E-state index in [9.17, 15) is 0 Å². The van der Waals surface area contributed by atoms with Gasteiger partial charge in [-0.1, -0.05) is 43.3 Å². The summed E-state index contributed by atoms with van der Waals surface area (Å²) in [5.41, 5.74) is 11.4. The minimum absolute atomic E-state index is 0. The molecule has 0 bridgehead atoms. The van der Waals surface area contributed by atoms with E-state index in [2.05, 4.69) is 131 Å². The zero-order valence-corrected chi connectivity index (χ0v) is 34.0. The molecule has 4 aromatic carbocycles. The number of aryl methyl sites for hydroxylation is 2. The molecule has 0 aliphatic carbocycles. The van der Waals surface area contributed by atoms with Gasteiger partial charge in [0.2, 0.25) is 0 Å². The standard InChI is InChI=1S/C24H26N4.C22H22N4.2ClH/c1-3-28-12-10-17(11-13-28)18-4-7-22-19(14-18)5-8-23(25-22)20-6-9-24-21(15-20)16-27(2)26-24;1-26-14-19-13-18(4-7-22(19)25-26)21-6-3-17-12-16(2-5-20(17)24-21)15-8-10-23-11-9-15;;/h4-9,14-17H,3,10-13H2,1-2H3;2-7,12-15,23H,8-11H2,1H3;2*1H. The van der Waals surface area contributed by atoms with Crippen LogP contribution in [0.3, 0.4) is 0 Å². The Morgan fingerprint density at radius 1 is 0.536 bits per heavy atom. The predicted molar refractivity (Wildman–Crippen MR) is 236 cm³/mol. The van der Waals surface area contributed by atoms with Crippen molar-refractivity contribution in [3.63, 3.8) is 0 Å². The topological polar surface area (TPSA) is 76.7 Å². The Kier molecular flexibility index (Phi) is 12.0. The summed E-state index contributed by atoms with van der Waals surface area (Å²) in [5, 5.41) is 17.1. The predicted octanol–water partition coefficient (Wildman–Crippen LogP) is 10.1. The number of rotatable bonds is 5. The first kappa shape index (κ1) is 39.4. The highest BCUT2D eigenvalue weighted by Gasteiger charge is 2.20. The van der Waals surface area contributed by atoms with Gasteiger partial charge in [0, 0.05) is 59.2 Å². The molecule has 6 heterocycles. The number of fused-ring (bicyclic) bond motifs is 4. The van der Waals surface area contributed by atoms with Gasteiger partial charge in [0.15, 0.2) is 0 Å². The summed E-state index contributed by atoms with van der Waals surface area (Å²) in [4.78, 5) is 12.4. The number of piperidine rings is 2. The summed E-state index contributed by atoms with van der Waals surface area (Å²) >= 11 is 0. The van der Waals surface area contributed by atoms with E-state index < -0.39 is 0 Å². The summed E-state index contributed by atoms with van der Waals surface area (Å²) in [6.45, 7) is 8.10. The first-order chi connectivity index (χ1) is 26.5. The zero-order valence-electron chi connectivity index (χ0n) is 32.4. The highest BCUT2D eigenvalue weighted by atomic mass is 35.5. The molecule has 4 aromatic heterocycles. The average Bonchev–Trinajstić information content (AvgIpc) is 3.80. The highest BCUT2D eigenvalue weighted by Crippen LogP contribution is 2.32. The Labute approximate surface area is 341 Å². The van der Waals surface area contributed by atoms with Crippen LogP contribution in [0.5, 0.6) is 0 Å². The number of pyridine rings is 2. The molecule has 2 saturated heterocycles. The minimum Gasteiger partial charge on any atom is -0.317 e. The van der Waals surface area contributed by atoms with Gasteiger partial charge in [0.25, 0.3) is 0 Å². The fourth-order valence-corrected chi connectivity index (χ4v) is 8.47. The quantitative estimate of drug-likeness (QED) is 0.187. The van der Waals surface area contributed by atoms with Crippen LogP contribution < -0.4 is 5.32 Å². The van der Waals surface area contributed by atoms with E-state index in [0.29, 0.717) is 11.8 Å². The van der Waals surface area contributed by atoms with Crippen LogP contribution in [0.4, 0.5) is 0 Å². The SMILES string of the molecule is CCN1CCC(c2ccc3nc(-c4ccc5nn(C)cc5c4)ccc3c2)CC1.Cl.Cl.Cn1cc2cc(-c3ccc4cc(C5CCNCC5)ccc4n3)ccc2n1. The van der Waals surface area contributed by atoms with Crippen molar-refractivity contribution >= 4 is 68.4 Å². The smallest absolute Gasteiger partial charge is 0.0923 e. The summed E-state index contributed by atoms with van der Waals surface area (Å²) in [5.74, 6) is 1.35. The van der Waals surface area contributed by atoms with Crippen LogP contribution in [-0.4, -0.2) is 67.2 Å². The molecule has 0 radical (unpaired) electrons. The van der Waals surface area contributed by atoms with Crippen LogP contribution in [0.1, 0.15) is 55.6 Å². The van der Waals surface area contributed by atoms with Gasteiger partial charge in [-0.3, -0.25) is 9.36 Å². The van der Waals surface area contributed by atoms with Crippen LogP contribution in [0.2, 0.25) is 0 Å². The van der Waals surface area contributed by atoms with Gasteiger partial charge in [-0.25, -0.2) is 9.97 Å². The molecular weight excluding hydrogens is 735 g/mol. The second-order valence-electron chi connectivity index (χ2n) is 15.2. The van der Waals surface area contributed by atoms with Crippen molar-refractivity contribution in [3.05, 3.63) is 121 Å². The molecule has 0 saturated carbocycles. The van der Waals surface area contributed by atoms with Crippen molar-refractivity contribution in [2.75, 3.05) is 32.7 Å². The summed E-state index contributed by atoms with van der Waals surface area (Å²) in [6, 6.07) is 35.0. The van der Waals surface area contributed by atoms with Gasteiger partial charge < -0.3 is 10.2 Å². The second-order valence-corrected chi connectivity index (χ2v) is 15.2. The lowest BCUT2D eigenvalue weighted by Crippen LogP contribution is -2.32. The molecule has 56 heavy (non-hydrogen) atoms. The number of nitrogens with one attached hydrogen (secondary N) is 1. The number of benzene rings is 4. The highest BCUT2D eigenvalue weighted by molar-refractivity contribution is 5.88. The van der Waals surface area contributed by atoms with Crippen molar-refractivity contribution in [1.82, 2.24) is 39.7 Å². The molecule has 10 heteroatoms. The van der Waals surface area contributed by atoms with Gasteiger partial charge in [-0.05, 0) is 142 Å². The molecule has 288 valence electrons. The van der Waals surface area contributed by atoms with E-state index in [1.54, 1.807) is 0 Å². The molecule has 10 rings (SSSR count). The Morgan fingerprint density at radius 2 is 1.00 bits per heavy atom. The molecule has 0 amide bonds. The van der Waals surface area contributed by atoms with Crippen LogP contribution in [0.25, 0.3) is 66.1 Å². The average molecular weight is 786 g/mol. The molecule has 1 N–H and O–H groups in total. The van der Waals surface area contributed by atoms with Gasteiger partial charge in [-0.15, -0.1) is 24.8 Å². The first-order valence-electron chi connectivity index (χ1n) is 19.6. The lowest BCUT2D eigenvalue weighted by molar-refractivity contribution is 0.222. The second kappa shape index (κ2) is 17.1. The van der Waals surface area contributed by atoms with E-state index in [4.69, 9.17) is 9.97 Å². The van der Waals surface area contributed by atoms with Gasteiger partial charge in [-0.2, -0.15) is 10.2 Å². The van der Waals surface area contributed by atoms with Crippen molar-refractivity contribution in [3.8, 4) is 22.5 Å². The third-order valence-electron chi connectivity index (χ3n) is 11.6. The number of aromatic nitrogens is 6. The number of hydrogen-bond donors (Lipinski definition) is 1. The van der Waals surface area contributed by atoms with Crippen molar-refractivity contribution in [1.29, 1.82) is 0 Å². The molecule has 8 nitrogen and oxygen atoms in total. The summed E-state index contributed by atoms with van der Waals surface area (Å²) < 4.78 is 3.71. The lowest BCUT2D eigenvalue weighted by atomic mass is 9.88. The van der Waals surface area contributed by atoms with Crippen LogP contribution in [0, 0.1) is 0 Å². The van der Waals surface area contributed by atoms with E-state index in [0.717, 1.165) is 68.4 Å². The van der Waals surface area contributed by atoms with Crippen LogP contribution in [0.15, 0.2) is 109 Å². The normalized spacial score (nSPS) is 15.4. The molecular formula is C46H50Cl2N8. The van der Waals surface area contributed by atoms with E-state index >= 15 is 0 Å². The van der Waals surface area contributed by atoms with Crippen molar-refractivity contribution in [2.45, 2.75) is 44.4 Å². The third kappa shape index (κ3) is 8.30. The molecule has 2 aliphatic heterocycles. The maximum atomic E-state index is 4.94. The number of halogens is 2. The fourth-order valence-electron chi connectivity index (χ4n) is 8.47. The van der Waals surface area contributed by atoms with E-state index in [-0.39, 0.29) is 24.8 Å². The molecule has 0 spiro atoms. The van der Waals surface area contributed by atoms with Crippen molar-refractivity contribution in [2.24, 2.45) is 14.1 Å². The van der Waals surface area contributed by atoms with Gasteiger partial charge >= 0.3 is 0 Å². The Hall–Kier alpha value is -4.86. The Bertz CT molecular complexity index is 2600. The molecule has 0 unspecified atom stereocenters. The monoisotopic (exact) mass is 784 g/mol. The van der Waals surface area contributed by atoms with E-state index in [1.165, 1.54) is 67.2 Å². The van der Waals surface area contributed by atoms with Gasteiger partial charge in [0.1, 0.15) is 0 Å². The lowest BCUT2D eigenvalue weighted by Gasteiger charge is -2.31. The maximum Gasteiger partial charge on any atom is 0.0923 e. The largest absolute Gasteiger partial charge is 0.317 e. The number of hydrogen-bond acceptors (Lipinski definition) is 6. The molecule has 0 atom stereocenters. The summed E-state index contributed by atoms with van der Waals surface area (Å²) in [6.07, 6.45) is 9.07. The molecule has 2 aliphatic rings. The molecule has 2 fully saturated rings. The fraction of sp³-hybridized carbons (Fsp3) is 0.304. The zero-order chi connectivity index (χ0) is 36.6. The first-order valence-corrected chi connectivity index (χ1v) is 19.6. The summed E-state index contributed by atoms with van der Waals surface area (Å²) in [7, 11) is 3.91. The Morgan fingerprint density at radius 3 is 1.48 bits per heavy atom. The van der Waals surface area contributed by atoms with E-state index in [1.807, 2.05) is 29.7 Å². The number of likely N-dealkylation sites (tertiary alicyclic amines) is 1. The molecule has 8 aromatic rings. The van der Waals surface area contributed by atoms with Crippen molar-refractivity contribution < 1.29 is 0 Å². The Balaban J connectivity index is 0.000000166. The van der Waals surface area contributed by atoms with Crippen LogP contribution >= 0.6 is 24.8 Å². The van der Waals surface area contributed by atoms with Gasteiger partial charge in [0.05, 0.1) is 33.5 Å². The third-order valence-corrected chi connectivity index (χ3v) is 11.6. The number of nitrogens with zero attached hydrogens (tertiary/aromatic N) is 7. The maximum absolute atomic E-state index is 4.94.